The number of carbonyl (C=O) groups excluding carboxylic acids is 1. The minimum Gasteiger partial charge on any atom is -0.493 e. The largest absolute Gasteiger partial charge is 0.493 e. The normalized spacial score (nSPS) is 11.5. The fourth-order valence-electron chi connectivity index (χ4n) is 2.29. The zero-order valence-corrected chi connectivity index (χ0v) is 14.0. The first kappa shape index (κ1) is 17.6. The van der Waals surface area contributed by atoms with Crippen molar-refractivity contribution in [2.75, 3.05) is 21.3 Å². The Labute approximate surface area is 139 Å². The van der Waals surface area contributed by atoms with Crippen LogP contribution in [-0.4, -0.2) is 27.3 Å². The lowest BCUT2D eigenvalue weighted by Crippen LogP contribution is -2.11. The van der Waals surface area contributed by atoms with E-state index in [1.807, 2.05) is 0 Å². The average Bonchev–Trinajstić information content (AvgIpc) is 2.60. The molecular formula is C18H19FO5. The van der Waals surface area contributed by atoms with Crippen LogP contribution in [0, 0.1) is 5.82 Å². The molecule has 0 amide bonds. The van der Waals surface area contributed by atoms with Crippen molar-refractivity contribution in [3.05, 3.63) is 53.3 Å². The van der Waals surface area contributed by atoms with Gasteiger partial charge in [0.1, 0.15) is 17.5 Å². The summed E-state index contributed by atoms with van der Waals surface area (Å²) in [7, 11) is 4.37. The van der Waals surface area contributed by atoms with Gasteiger partial charge in [0.25, 0.3) is 0 Å². The molecule has 0 N–H and O–H groups in total. The Morgan fingerprint density at radius 3 is 2.08 bits per heavy atom. The van der Waals surface area contributed by atoms with E-state index < -0.39 is 12.1 Å². The molecular weight excluding hydrogens is 315 g/mol. The van der Waals surface area contributed by atoms with Gasteiger partial charge in [-0.3, -0.25) is 0 Å². The second-order valence-corrected chi connectivity index (χ2v) is 4.98. The number of methoxy groups -OCH3 is 3. The Morgan fingerprint density at radius 1 is 0.917 bits per heavy atom. The van der Waals surface area contributed by atoms with E-state index in [-0.39, 0.29) is 17.1 Å². The van der Waals surface area contributed by atoms with Gasteiger partial charge in [0.2, 0.25) is 5.75 Å². The fraction of sp³-hybridized carbons (Fsp3) is 0.278. The first-order valence-electron chi connectivity index (χ1n) is 7.27. The maximum Gasteiger partial charge on any atom is 0.342 e. The Hall–Kier alpha value is -2.76. The van der Waals surface area contributed by atoms with Gasteiger partial charge in [0.05, 0.1) is 21.3 Å². The Morgan fingerprint density at radius 2 is 1.54 bits per heavy atom. The third-order valence-electron chi connectivity index (χ3n) is 3.55. The molecule has 0 bridgehead atoms. The van der Waals surface area contributed by atoms with Gasteiger partial charge in [0, 0.05) is 0 Å². The van der Waals surface area contributed by atoms with Gasteiger partial charge in [-0.05, 0) is 36.8 Å². The summed E-state index contributed by atoms with van der Waals surface area (Å²) in [5.41, 5.74) is 0.897. The molecule has 0 heterocycles. The molecule has 6 heteroatoms. The first-order chi connectivity index (χ1) is 11.5. The van der Waals surface area contributed by atoms with E-state index in [4.69, 9.17) is 18.9 Å². The van der Waals surface area contributed by atoms with E-state index >= 15 is 0 Å². The molecule has 5 nitrogen and oxygen atoms in total. The predicted molar refractivity (Wildman–Crippen MR) is 86.3 cm³/mol. The lowest BCUT2D eigenvalue weighted by Gasteiger charge is -2.17. The van der Waals surface area contributed by atoms with Gasteiger partial charge in [-0.1, -0.05) is 12.1 Å². The first-order valence-corrected chi connectivity index (χ1v) is 7.27. The molecule has 2 aromatic carbocycles. The molecule has 0 radical (unpaired) electrons. The van der Waals surface area contributed by atoms with Crippen molar-refractivity contribution >= 4 is 5.97 Å². The lowest BCUT2D eigenvalue weighted by atomic mass is 10.1. The Bertz CT molecular complexity index is 712. The highest BCUT2D eigenvalue weighted by Crippen LogP contribution is 2.40. The second-order valence-electron chi connectivity index (χ2n) is 4.98. The molecule has 0 saturated heterocycles. The van der Waals surface area contributed by atoms with Crippen LogP contribution in [0.15, 0.2) is 36.4 Å². The number of rotatable bonds is 6. The van der Waals surface area contributed by atoms with Crippen LogP contribution in [0.1, 0.15) is 28.9 Å². The lowest BCUT2D eigenvalue weighted by molar-refractivity contribution is 0.0333. The van der Waals surface area contributed by atoms with Crippen molar-refractivity contribution in [2.24, 2.45) is 0 Å². The highest BCUT2D eigenvalue weighted by atomic mass is 19.1. The number of hydrogen-bond acceptors (Lipinski definition) is 5. The van der Waals surface area contributed by atoms with Crippen LogP contribution in [0.4, 0.5) is 4.39 Å². The van der Waals surface area contributed by atoms with Crippen molar-refractivity contribution in [3.63, 3.8) is 0 Å². The summed E-state index contributed by atoms with van der Waals surface area (Å²) in [4.78, 5) is 12.5. The maximum absolute atomic E-state index is 13.0. The molecule has 24 heavy (non-hydrogen) atoms. The van der Waals surface area contributed by atoms with E-state index in [2.05, 4.69) is 0 Å². The monoisotopic (exact) mass is 334 g/mol. The molecule has 0 aliphatic heterocycles. The fourth-order valence-corrected chi connectivity index (χ4v) is 2.29. The molecule has 0 saturated carbocycles. The smallest absolute Gasteiger partial charge is 0.342 e. The van der Waals surface area contributed by atoms with Crippen molar-refractivity contribution < 1.29 is 28.1 Å². The van der Waals surface area contributed by atoms with Crippen LogP contribution in [-0.2, 0) is 4.74 Å². The molecule has 0 aliphatic carbocycles. The van der Waals surface area contributed by atoms with Crippen LogP contribution >= 0.6 is 0 Å². The third-order valence-corrected chi connectivity index (χ3v) is 3.55. The van der Waals surface area contributed by atoms with Gasteiger partial charge in [-0.25, -0.2) is 9.18 Å². The van der Waals surface area contributed by atoms with Crippen molar-refractivity contribution in [2.45, 2.75) is 13.0 Å². The molecule has 2 rings (SSSR count). The summed E-state index contributed by atoms with van der Waals surface area (Å²) in [6.07, 6.45) is -0.545. The quantitative estimate of drug-likeness (QED) is 0.753. The van der Waals surface area contributed by atoms with Gasteiger partial charge >= 0.3 is 5.97 Å². The van der Waals surface area contributed by atoms with Crippen LogP contribution in [0.5, 0.6) is 17.2 Å². The highest BCUT2D eigenvalue weighted by molar-refractivity contribution is 5.94. The van der Waals surface area contributed by atoms with Crippen LogP contribution < -0.4 is 14.2 Å². The summed E-state index contributed by atoms with van der Waals surface area (Å²) >= 11 is 0. The van der Waals surface area contributed by atoms with Gasteiger partial charge in [-0.15, -0.1) is 0 Å². The SMILES string of the molecule is COc1ccc(C(=O)OC(C)c2ccc(F)cc2)c(OC)c1OC. The molecule has 0 aliphatic rings. The van der Waals surface area contributed by atoms with Crippen LogP contribution in [0.2, 0.25) is 0 Å². The van der Waals surface area contributed by atoms with Gasteiger partial charge < -0.3 is 18.9 Å². The van der Waals surface area contributed by atoms with E-state index in [1.54, 1.807) is 31.2 Å². The highest BCUT2D eigenvalue weighted by Gasteiger charge is 2.23. The summed E-state index contributed by atoms with van der Waals surface area (Å²) in [5.74, 6) is 0.0537. The zero-order chi connectivity index (χ0) is 17.7. The molecule has 1 atom stereocenters. The average molecular weight is 334 g/mol. The number of hydrogen-bond donors (Lipinski definition) is 0. The summed E-state index contributed by atoms with van der Waals surface area (Å²) in [6.45, 7) is 1.71. The number of esters is 1. The molecule has 128 valence electrons. The summed E-state index contributed by atoms with van der Waals surface area (Å²) in [5, 5.41) is 0. The third kappa shape index (κ3) is 3.59. The van der Waals surface area contributed by atoms with Gasteiger partial charge in [-0.2, -0.15) is 0 Å². The predicted octanol–water partition coefficient (Wildman–Crippen LogP) is 3.77. The van der Waals surface area contributed by atoms with Crippen molar-refractivity contribution in [3.8, 4) is 17.2 Å². The number of ether oxygens (including phenoxy) is 4. The molecule has 2 aromatic rings. The standard InChI is InChI=1S/C18H19FO5/c1-11(12-5-7-13(19)8-6-12)24-18(20)14-9-10-15(21-2)17(23-4)16(14)22-3/h5-11H,1-4H3. The summed E-state index contributed by atoms with van der Waals surface area (Å²) < 4.78 is 34.1. The van der Waals surface area contributed by atoms with E-state index in [0.717, 1.165) is 0 Å². The Balaban J connectivity index is 2.27. The van der Waals surface area contributed by atoms with E-state index in [1.165, 1.54) is 33.5 Å². The zero-order valence-electron chi connectivity index (χ0n) is 14.0. The number of halogens is 1. The van der Waals surface area contributed by atoms with Crippen LogP contribution in [0.3, 0.4) is 0 Å². The molecule has 0 spiro atoms. The number of benzene rings is 2. The molecule has 0 aromatic heterocycles. The number of carbonyl (C=O) groups is 1. The van der Waals surface area contributed by atoms with Crippen molar-refractivity contribution in [1.29, 1.82) is 0 Å². The summed E-state index contributed by atoms with van der Waals surface area (Å²) in [6, 6.07) is 8.91. The van der Waals surface area contributed by atoms with Crippen molar-refractivity contribution in [1.82, 2.24) is 0 Å². The van der Waals surface area contributed by atoms with Gasteiger partial charge in [0.15, 0.2) is 11.5 Å². The van der Waals surface area contributed by atoms with E-state index in [9.17, 15) is 9.18 Å². The minimum absolute atomic E-state index is 0.212. The topological polar surface area (TPSA) is 54.0 Å². The molecule has 0 fully saturated rings. The second kappa shape index (κ2) is 7.68. The molecule has 1 unspecified atom stereocenters. The maximum atomic E-state index is 13.0. The minimum atomic E-state index is -0.579. The Kier molecular flexibility index (Phi) is 5.63. The van der Waals surface area contributed by atoms with E-state index in [0.29, 0.717) is 17.1 Å². The van der Waals surface area contributed by atoms with Crippen LogP contribution in [0.25, 0.3) is 0 Å².